The minimum absolute atomic E-state index is 0.0550. The average molecular weight is 266 g/mol. The molecule has 1 heterocycles. The van der Waals surface area contributed by atoms with Crippen molar-refractivity contribution < 1.29 is 24.0 Å². The van der Waals surface area contributed by atoms with Gasteiger partial charge in [-0.05, 0) is 6.42 Å². The van der Waals surface area contributed by atoms with Crippen molar-refractivity contribution in [3.8, 4) is 12.3 Å². The van der Waals surface area contributed by atoms with Gasteiger partial charge in [-0.3, -0.25) is 14.4 Å². The van der Waals surface area contributed by atoms with Crippen LogP contribution in [-0.2, 0) is 24.0 Å². The van der Waals surface area contributed by atoms with Crippen LogP contribution in [0.1, 0.15) is 32.1 Å². The highest BCUT2D eigenvalue weighted by atomic mass is 16.7. The van der Waals surface area contributed by atoms with Gasteiger partial charge in [0.2, 0.25) is 5.91 Å². The van der Waals surface area contributed by atoms with Crippen LogP contribution in [0.25, 0.3) is 0 Å². The van der Waals surface area contributed by atoms with Crippen LogP contribution >= 0.6 is 0 Å². The van der Waals surface area contributed by atoms with E-state index >= 15 is 0 Å². The second-order valence-corrected chi connectivity index (χ2v) is 3.88. The Kier molecular flexibility index (Phi) is 5.54. The van der Waals surface area contributed by atoms with Gasteiger partial charge in [-0.15, -0.1) is 11.5 Å². The number of nitrogens with one attached hydrogen (secondary N) is 1. The molecule has 0 bridgehead atoms. The minimum atomic E-state index is -0.714. The van der Waals surface area contributed by atoms with E-state index in [1.54, 1.807) is 0 Å². The molecule has 0 saturated carbocycles. The highest BCUT2D eigenvalue weighted by Crippen LogP contribution is 2.13. The van der Waals surface area contributed by atoms with Crippen molar-refractivity contribution in [1.29, 1.82) is 0 Å². The molecule has 7 heteroatoms. The van der Waals surface area contributed by atoms with Crippen molar-refractivity contribution in [2.24, 2.45) is 0 Å². The normalized spacial score (nSPS) is 14.2. The van der Waals surface area contributed by atoms with Crippen molar-refractivity contribution in [2.45, 2.75) is 32.1 Å². The highest BCUT2D eigenvalue weighted by molar-refractivity contribution is 6.01. The van der Waals surface area contributed by atoms with Crippen LogP contribution in [0.4, 0.5) is 0 Å². The Labute approximate surface area is 110 Å². The quantitative estimate of drug-likeness (QED) is 0.517. The molecule has 0 aromatic carbocycles. The van der Waals surface area contributed by atoms with Crippen LogP contribution in [0.3, 0.4) is 0 Å². The van der Waals surface area contributed by atoms with Gasteiger partial charge in [0.25, 0.3) is 11.8 Å². The molecule has 0 aromatic rings. The number of imide groups is 1. The molecular weight excluding hydrogens is 252 g/mol. The average Bonchev–Trinajstić information content (AvgIpc) is 2.68. The van der Waals surface area contributed by atoms with Gasteiger partial charge in [-0.2, -0.15) is 0 Å². The third-order valence-corrected chi connectivity index (χ3v) is 2.37. The van der Waals surface area contributed by atoms with Gasteiger partial charge in [0.15, 0.2) is 0 Å². The SMILES string of the molecule is C#CCNC(=O)CCCC(=O)ON1C(=O)CCC1=O. The Balaban J connectivity index is 2.21. The summed E-state index contributed by atoms with van der Waals surface area (Å²) in [5.41, 5.74) is 0. The van der Waals surface area contributed by atoms with E-state index in [4.69, 9.17) is 6.42 Å². The molecule has 7 nitrogen and oxygen atoms in total. The summed E-state index contributed by atoms with van der Waals surface area (Å²) < 4.78 is 0. The van der Waals surface area contributed by atoms with Gasteiger partial charge >= 0.3 is 5.97 Å². The number of hydrogen-bond acceptors (Lipinski definition) is 5. The van der Waals surface area contributed by atoms with E-state index in [1.165, 1.54) is 0 Å². The minimum Gasteiger partial charge on any atom is -0.345 e. The first-order valence-corrected chi connectivity index (χ1v) is 5.81. The Morgan fingerprint density at radius 3 is 2.47 bits per heavy atom. The lowest BCUT2D eigenvalue weighted by Crippen LogP contribution is -2.32. The number of nitrogens with zero attached hydrogens (tertiary/aromatic N) is 1. The van der Waals surface area contributed by atoms with Crippen molar-refractivity contribution in [2.75, 3.05) is 6.54 Å². The molecule has 1 fully saturated rings. The summed E-state index contributed by atoms with van der Waals surface area (Å²) in [7, 11) is 0. The lowest BCUT2D eigenvalue weighted by Gasteiger charge is -2.12. The van der Waals surface area contributed by atoms with E-state index in [0.717, 1.165) is 0 Å². The predicted molar refractivity (Wildman–Crippen MR) is 62.9 cm³/mol. The summed E-state index contributed by atoms with van der Waals surface area (Å²) in [5, 5.41) is 2.93. The topological polar surface area (TPSA) is 92.8 Å². The monoisotopic (exact) mass is 266 g/mol. The van der Waals surface area contributed by atoms with E-state index in [2.05, 4.69) is 16.1 Å². The zero-order valence-electron chi connectivity index (χ0n) is 10.3. The molecule has 1 rings (SSSR count). The van der Waals surface area contributed by atoms with Gasteiger partial charge in [-0.1, -0.05) is 5.92 Å². The maximum Gasteiger partial charge on any atom is 0.333 e. The van der Waals surface area contributed by atoms with E-state index in [-0.39, 0.29) is 44.6 Å². The lowest BCUT2D eigenvalue weighted by molar-refractivity contribution is -0.197. The number of carbonyl (C=O) groups is 4. The largest absolute Gasteiger partial charge is 0.345 e. The maximum atomic E-state index is 11.4. The number of hydrogen-bond donors (Lipinski definition) is 1. The second-order valence-electron chi connectivity index (χ2n) is 3.88. The number of rotatable bonds is 6. The fourth-order valence-electron chi connectivity index (χ4n) is 1.44. The molecule has 1 N–H and O–H groups in total. The fourth-order valence-corrected chi connectivity index (χ4v) is 1.44. The zero-order chi connectivity index (χ0) is 14.3. The van der Waals surface area contributed by atoms with E-state index in [1.807, 2.05) is 0 Å². The Morgan fingerprint density at radius 1 is 1.26 bits per heavy atom. The molecule has 1 saturated heterocycles. The molecule has 0 aliphatic carbocycles. The molecule has 1 aliphatic heterocycles. The van der Waals surface area contributed by atoms with Crippen molar-refractivity contribution >= 4 is 23.7 Å². The summed E-state index contributed by atoms with van der Waals surface area (Å²) >= 11 is 0. The molecule has 0 radical (unpaired) electrons. The van der Waals surface area contributed by atoms with Crippen LogP contribution in [0.5, 0.6) is 0 Å². The molecule has 19 heavy (non-hydrogen) atoms. The van der Waals surface area contributed by atoms with Gasteiger partial charge in [0.05, 0.1) is 6.54 Å². The first kappa shape index (κ1) is 14.7. The fraction of sp³-hybridized carbons (Fsp3) is 0.500. The van der Waals surface area contributed by atoms with Crippen molar-refractivity contribution in [3.63, 3.8) is 0 Å². The van der Waals surface area contributed by atoms with Crippen LogP contribution < -0.4 is 5.32 Å². The molecule has 3 amide bonds. The molecule has 0 aromatic heterocycles. The third-order valence-electron chi connectivity index (χ3n) is 2.37. The number of terminal acetylenes is 1. The molecule has 102 valence electrons. The molecular formula is C12H14N2O5. The molecule has 1 aliphatic rings. The smallest absolute Gasteiger partial charge is 0.333 e. The Morgan fingerprint density at radius 2 is 1.89 bits per heavy atom. The van der Waals surface area contributed by atoms with E-state index < -0.39 is 17.8 Å². The van der Waals surface area contributed by atoms with Gasteiger partial charge in [0, 0.05) is 25.7 Å². The third kappa shape index (κ3) is 4.79. The number of hydroxylamine groups is 2. The van der Waals surface area contributed by atoms with Gasteiger partial charge < -0.3 is 10.2 Å². The van der Waals surface area contributed by atoms with Gasteiger partial charge in [-0.25, -0.2) is 4.79 Å². The highest BCUT2D eigenvalue weighted by Gasteiger charge is 2.32. The summed E-state index contributed by atoms with van der Waals surface area (Å²) in [6.07, 6.45) is 5.40. The summed E-state index contributed by atoms with van der Waals surface area (Å²) in [6, 6.07) is 0. The van der Waals surface area contributed by atoms with Crippen LogP contribution in [-0.4, -0.2) is 35.3 Å². The zero-order valence-corrected chi connectivity index (χ0v) is 10.3. The Bertz CT molecular complexity index is 422. The molecule has 0 unspecified atom stereocenters. The molecule has 0 atom stereocenters. The van der Waals surface area contributed by atoms with Crippen LogP contribution in [0.2, 0.25) is 0 Å². The van der Waals surface area contributed by atoms with Crippen LogP contribution in [0, 0.1) is 12.3 Å². The van der Waals surface area contributed by atoms with Crippen molar-refractivity contribution in [3.05, 3.63) is 0 Å². The molecule has 0 spiro atoms. The first-order chi connectivity index (χ1) is 9.04. The standard InChI is InChI=1S/C12H14N2O5/c1-2-8-13-9(15)4-3-5-12(18)19-14-10(16)6-7-11(14)17/h1H,3-8H2,(H,13,15). The first-order valence-electron chi connectivity index (χ1n) is 5.81. The number of amides is 3. The number of carbonyl (C=O) groups excluding carboxylic acids is 4. The van der Waals surface area contributed by atoms with E-state index in [9.17, 15) is 19.2 Å². The van der Waals surface area contributed by atoms with Gasteiger partial charge in [0.1, 0.15) is 0 Å². The predicted octanol–water partition coefficient (Wildman–Crippen LogP) is -0.487. The summed E-state index contributed by atoms with van der Waals surface area (Å²) in [5.74, 6) is 0.225. The summed E-state index contributed by atoms with van der Waals surface area (Å²) in [6.45, 7) is 0.139. The van der Waals surface area contributed by atoms with Crippen LogP contribution in [0.15, 0.2) is 0 Å². The van der Waals surface area contributed by atoms with Crippen molar-refractivity contribution in [1.82, 2.24) is 10.4 Å². The summed E-state index contributed by atoms with van der Waals surface area (Å²) in [4.78, 5) is 49.5. The maximum absolute atomic E-state index is 11.4. The lowest BCUT2D eigenvalue weighted by atomic mass is 10.2. The Hall–Kier alpha value is -2.36. The van der Waals surface area contributed by atoms with E-state index in [0.29, 0.717) is 5.06 Å². The second kappa shape index (κ2) is 7.16.